The van der Waals surface area contributed by atoms with Crippen molar-refractivity contribution < 1.29 is 37.3 Å². The van der Waals surface area contributed by atoms with Crippen molar-refractivity contribution in [1.29, 1.82) is 0 Å². The van der Waals surface area contributed by atoms with E-state index >= 15 is 0 Å². The van der Waals surface area contributed by atoms with Gasteiger partial charge in [0.25, 0.3) is 0 Å². The first-order valence-corrected chi connectivity index (χ1v) is 27.2. The Balaban J connectivity index is 5.45. The molecule has 61 heavy (non-hydrogen) atoms. The second-order valence-corrected chi connectivity index (χ2v) is 20.2. The van der Waals surface area contributed by atoms with Crippen LogP contribution in [-0.4, -0.2) is 74.3 Å². The molecule has 0 aromatic heterocycles. The number of hydrogen-bond donors (Lipinski definition) is 2. The van der Waals surface area contributed by atoms with Crippen molar-refractivity contribution >= 4 is 19.7 Å². The highest BCUT2D eigenvalue weighted by Gasteiger charge is 2.30. The Morgan fingerprint density at radius 3 is 1.41 bits per heavy atom. The molecule has 0 aliphatic carbocycles. The first kappa shape index (κ1) is 59.5. The van der Waals surface area contributed by atoms with Crippen LogP contribution >= 0.6 is 7.82 Å². The largest absolute Gasteiger partial charge is 0.472 e. The molecule has 0 spiro atoms. The van der Waals surface area contributed by atoms with Crippen molar-refractivity contribution in [3.05, 3.63) is 24.3 Å². The number of likely N-dealkylation sites (N-methyl/N-ethyl adjacent to an activating group) is 1. The zero-order chi connectivity index (χ0) is 45.1. The Morgan fingerprint density at radius 1 is 0.557 bits per heavy atom. The topological polar surface area (TPSA) is 111 Å². The van der Waals surface area contributed by atoms with E-state index in [0.29, 0.717) is 23.9 Å². The van der Waals surface area contributed by atoms with Gasteiger partial charge in [0.05, 0.1) is 33.8 Å². The van der Waals surface area contributed by atoms with Crippen LogP contribution in [-0.2, 0) is 27.9 Å². The minimum Gasteiger partial charge on any atom is -0.456 e. The summed E-state index contributed by atoms with van der Waals surface area (Å²) in [7, 11) is 1.49. The van der Waals surface area contributed by atoms with Gasteiger partial charge in [-0.25, -0.2) is 4.57 Å². The van der Waals surface area contributed by atoms with E-state index in [0.717, 1.165) is 70.6 Å². The summed E-state index contributed by atoms with van der Waals surface area (Å²) in [5.41, 5.74) is 0. The highest BCUT2D eigenvalue weighted by Crippen LogP contribution is 2.43. The van der Waals surface area contributed by atoms with E-state index in [1.807, 2.05) is 33.3 Å². The van der Waals surface area contributed by atoms with Gasteiger partial charge >= 0.3 is 13.8 Å². The normalized spacial score (nSPS) is 14.1. The Morgan fingerprint density at radius 2 is 0.951 bits per heavy atom. The molecule has 0 radical (unpaired) electrons. The molecule has 0 bridgehead atoms. The van der Waals surface area contributed by atoms with Gasteiger partial charge < -0.3 is 19.4 Å². The van der Waals surface area contributed by atoms with E-state index in [1.54, 1.807) is 0 Å². The monoisotopic (exact) mass is 884 g/mol. The number of unbranched alkanes of at least 4 members (excludes halogenated alkanes) is 28. The first-order valence-electron chi connectivity index (χ1n) is 25.7. The van der Waals surface area contributed by atoms with Crippen LogP contribution in [0.3, 0.4) is 0 Å². The standard InChI is InChI=1S/C51H99N2O7P/c1-7-10-13-16-19-22-25-26-29-31-34-37-40-43-50(54)52-48(47-59-61(56,57)58-46-45-53(4,5)6)49(42-39-36-33-30-27-23-20-17-14-11-8-2)60-51(55)44-41-38-35-32-28-24-21-18-15-12-9-3/h26,29,39,42,48-49H,7-25,27-28,30-38,40-41,43-47H2,1-6H3,(H-,52,54,56,57)/p+1/b29-26-,42-39+. The van der Waals surface area contributed by atoms with Gasteiger partial charge in [-0.2, -0.15) is 0 Å². The molecule has 0 saturated heterocycles. The summed E-state index contributed by atoms with van der Waals surface area (Å²) in [6.45, 7) is 6.97. The Hall–Kier alpha value is -1.51. The minimum atomic E-state index is -4.43. The Kier molecular flexibility index (Phi) is 41.4. The smallest absolute Gasteiger partial charge is 0.456 e. The van der Waals surface area contributed by atoms with E-state index < -0.39 is 20.0 Å². The van der Waals surface area contributed by atoms with Crippen molar-refractivity contribution in [3.63, 3.8) is 0 Å². The number of carbonyl (C=O) groups is 2. The van der Waals surface area contributed by atoms with Crippen LogP contribution in [0.5, 0.6) is 0 Å². The highest BCUT2D eigenvalue weighted by atomic mass is 31.2. The summed E-state index contributed by atoms with van der Waals surface area (Å²) >= 11 is 0. The lowest BCUT2D eigenvalue weighted by Gasteiger charge is -2.27. The second kappa shape index (κ2) is 42.4. The number of nitrogens with zero attached hydrogens (tertiary/aromatic N) is 1. The van der Waals surface area contributed by atoms with Crippen LogP contribution in [0.25, 0.3) is 0 Å². The third kappa shape index (κ3) is 43.5. The van der Waals surface area contributed by atoms with Crippen molar-refractivity contribution in [3.8, 4) is 0 Å². The molecule has 0 rings (SSSR count). The predicted molar refractivity (Wildman–Crippen MR) is 259 cm³/mol. The zero-order valence-corrected chi connectivity index (χ0v) is 41.8. The molecule has 3 unspecified atom stereocenters. The molecule has 2 N–H and O–H groups in total. The summed E-state index contributed by atoms with van der Waals surface area (Å²) in [6.07, 6.45) is 46.0. The number of quaternary nitrogens is 1. The average molecular weight is 884 g/mol. The van der Waals surface area contributed by atoms with Crippen LogP contribution in [0, 0.1) is 0 Å². The number of nitrogens with one attached hydrogen (secondary N) is 1. The number of carbonyl (C=O) groups excluding carboxylic acids is 2. The molecule has 0 aromatic carbocycles. The number of esters is 1. The van der Waals surface area contributed by atoms with Crippen LogP contribution < -0.4 is 5.32 Å². The maximum absolute atomic E-state index is 13.4. The maximum atomic E-state index is 13.4. The molecule has 0 heterocycles. The fourth-order valence-electron chi connectivity index (χ4n) is 7.35. The number of amides is 1. The number of phosphoric acid groups is 1. The van der Waals surface area contributed by atoms with E-state index in [2.05, 4.69) is 38.2 Å². The molecule has 0 aliphatic heterocycles. The van der Waals surface area contributed by atoms with Crippen LogP contribution in [0.1, 0.15) is 239 Å². The van der Waals surface area contributed by atoms with Gasteiger partial charge in [-0.1, -0.05) is 193 Å². The van der Waals surface area contributed by atoms with Gasteiger partial charge in [-0.15, -0.1) is 0 Å². The molecular formula is C51H100N2O7P+. The Labute approximate surface area is 377 Å². The summed E-state index contributed by atoms with van der Waals surface area (Å²) in [5.74, 6) is -0.520. The molecule has 360 valence electrons. The molecular weight excluding hydrogens is 784 g/mol. The first-order chi connectivity index (χ1) is 29.4. The lowest BCUT2D eigenvalue weighted by molar-refractivity contribution is -0.870. The zero-order valence-electron chi connectivity index (χ0n) is 40.9. The molecule has 0 aliphatic rings. The lowest BCUT2D eigenvalue weighted by atomic mass is 10.0. The van der Waals surface area contributed by atoms with Gasteiger partial charge in [0.1, 0.15) is 19.3 Å². The number of allylic oxidation sites excluding steroid dienone is 3. The van der Waals surface area contributed by atoms with Gasteiger partial charge in [0.15, 0.2) is 0 Å². The average Bonchev–Trinajstić information content (AvgIpc) is 3.21. The summed E-state index contributed by atoms with van der Waals surface area (Å²) in [6, 6.07) is -0.847. The van der Waals surface area contributed by atoms with E-state index in [9.17, 15) is 19.0 Å². The summed E-state index contributed by atoms with van der Waals surface area (Å²) in [5, 5.41) is 3.02. The van der Waals surface area contributed by atoms with Crippen molar-refractivity contribution in [1.82, 2.24) is 5.32 Å². The Bertz CT molecular complexity index is 1110. The molecule has 0 fully saturated rings. The van der Waals surface area contributed by atoms with Crippen LogP contribution in [0.15, 0.2) is 24.3 Å². The van der Waals surface area contributed by atoms with E-state index in [1.165, 1.54) is 135 Å². The van der Waals surface area contributed by atoms with Crippen molar-refractivity contribution in [2.24, 2.45) is 0 Å². The van der Waals surface area contributed by atoms with Gasteiger partial charge in [-0.05, 0) is 57.4 Å². The predicted octanol–water partition coefficient (Wildman–Crippen LogP) is 14.7. The molecule has 1 amide bonds. The third-order valence-corrected chi connectivity index (χ3v) is 12.4. The lowest BCUT2D eigenvalue weighted by Crippen LogP contribution is -2.47. The quantitative estimate of drug-likeness (QED) is 0.0206. The third-order valence-electron chi connectivity index (χ3n) is 11.4. The SMILES string of the molecule is CCCCCCCC/C=C\CCCCCC(=O)NC(COP(=O)(O)OCC[N+](C)(C)C)C(/C=C/CCCCCCCCCCC)OC(=O)CCCCCCCCCCCCC. The molecule has 0 saturated carbocycles. The molecule has 3 atom stereocenters. The number of phosphoric ester groups is 1. The van der Waals surface area contributed by atoms with Crippen molar-refractivity contribution in [2.45, 2.75) is 251 Å². The molecule has 9 nitrogen and oxygen atoms in total. The second-order valence-electron chi connectivity index (χ2n) is 18.7. The van der Waals surface area contributed by atoms with E-state index in [4.69, 9.17) is 13.8 Å². The van der Waals surface area contributed by atoms with Crippen LogP contribution in [0.4, 0.5) is 0 Å². The molecule has 0 aromatic rings. The number of rotatable bonds is 46. The number of ether oxygens (including phenoxy) is 1. The highest BCUT2D eigenvalue weighted by molar-refractivity contribution is 7.47. The van der Waals surface area contributed by atoms with Gasteiger partial charge in [0, 0.05) is 12.8 Å². The minimum absolute atomic E-state index is 0.0402. The fraction of sp³-hybridized carbons (Fsp3) is 0.882. The van der Waals surface area contributed by atoms with Gasteiger partial charge in [-0.3, -0.25) is 18.6 Å². The van der Waals surface area contributed by atoms with E-state index in [-0.39, 0.29) is 25.1 Å². The molecule has 10 heteroatoms. The summed E-state index contributed by atoms with van der Waals surface area (Å²) < 4.78 is 30.4. The maximum Gasteiger partial charge on any atom is 0.472 e. The fourth-order valence-corrected chi connectivity index (χ4v) is 8.08. The van der Waals surface area contributed by atoms with Gasteiger partial charge in [0.2, 0.25) is 5.91 Å². The van der Waals surface area contributed by atoms with Crippen LogP contribution in [0.2, 0.25) is 0 Å². The number of hydrogen-bond acceptors (Lipinski definition) is 6. The van der Waals surface area contributed by atoms with Crippen molar-refractivity contribution in [2.75, 3.05) is 40.9 Å². The summed E-state index contributed by atoms with van der Waals surface area (Å²) in [4.78, 5) is 37.3.